The van der Waals surface area contributed by atoms with E-state index in [4.69, 9.17) is 9.47 Å². The number of methoxy groups -OCH3 is 1. The fourth-order valence-corrected chi connectivity index (χ4v) is 4.81. The van der Waals surface area contributed by atoms with Gasteiger partial charge in [0.2, 0.25) is 11.8 Å². The minimum Gasteiger partial charge on any atom is -0.497 e. The number of hydrogen-bond donors (Lipinski definition) is 1. The average Bonchev–Trinajstić information content (AvgIpc) is 3.22. The van der Waals surface area contributed by atoms with Crippen molar-refractivity contribution in [2.45, 2.75) is 32.4 Å². The summed E-state index contributed by atoms with van der Waals surface area (Å²) < 4.78 is 10.6. The number of aryl methyl sites for hydroxylation is 1. The molecule has 4 rings (SSSR count). The van der Waals surface area contributed by atoms with E-state index in [2.05, 4.69) is 5.32 Å². The van der Waals surface area contributed by atoms with Gasteiger partial charge < -0.3 is 9.47 Å². The van der Waals surface area contributed by atoms with Crippen LogP contribution in [0.15, 0.2) is 48.5 Å². The Bertz CT molecular complexity index is 1050. The van der Waals surface area contributed by atoms with Gasteiger partial charge in [-0.2, -0.15) is 0 Å². The first-order valence-electron chi connectivity index (χ1n) is 10.4. The second-order valence-electron chi connectivity index (χ2n) is 8.12. The van der Waals surface area contributed by atoms with E-state index in [9.17, 15) is 14.4 Å². The van der Waals surface area contributed by atoms with E-state index < -0.39 is 35.3 Å². The highest BCUT2D eigenvalue weighted by atomic mass is 16.5. The van der Waals surface area contributed by atoms with Gasteiger partial charge in [-0.15, -0.1) is 0 Å². The molecule has 7 nitrogen and oxygen atoms in total. The third-order valence-corrected chi connectivity index (χ3v) is 6.32. The van der Waals surface area contributed by atoms with Gasteiger partial charge >= 0.3 is 5.97 Å². The molecule has 0 spiro atoms. The minimum absolute atomic E-state index is 0.185. The van der Waals surface area contributed by atoms with E-state index in [1.54, 1.807) is 38.1 Å². The molecule has 0 unspecified atom stereocenters. The highest BCUT2D eigenvalue weighted by molar-refractivity contribution is 6.24. The number of rotatable bonds is 5. The van der Waals surface area contributed by atoms with Gasteiger partial charge in [-0.05, 0) is 44.0 Å². The standard InChI is InChI=1S/C24H26N2O5/c1-5-31-23(29)24(3)19-18(20(25-24)17-12-7-6-9-14(17)2)21(27)26(22(19)28)15-10-8-11-16(13-15)30-4/h6-13,18-20,25H,5H2,1-4H3/t18-,19+,20-,24+/m0/s1. The number of carbonyl (C=O) groups is 3. The number of ether oxygens (including phenoxy) is 2. The Labute approximate surface area is 181 Å². The Kier molecular flexibility index (Phi) is 5.31. The molecule has 1 N–H and O–H groups in total. The monoisotopic (exact) mass is 422 g/mol. The molecule has 2 aromatic carbocycles. The van der Waals surface area contributed by atoms with Gasteiger partial charge in [0.05, 0.1) is 31.2 Å². The summed E-state index contributed by atoms with van der Waals surface area (Å²) in [5, 5.41) is 3.30. The zero-order valence-electron chi connectivity index (χ0n) is 18.0. The first kappa shape index (κ1) is 21.1. The molecule has 2 saturated heterocycles. The molecule has 2 amide bonds. The first-order valence-corrected chi connectivity index (χ1v) is 10.4. The lowest BCUT2D eigenvalue weighted by Crippen LogP contribution is -2.54. The summed E-state index contributed by atoms with van der Waals surface area (Å²) in [6, 6.07) is 14.0. The van der Waals surface area contributed by atoms with Crippen LogP contribution in [0.4, 0.5) is 5.69 Å². The molecule has 162 valence electrons. The summed E-state index contributed by atoms with van der Waals surface area (Å²) in [7, 11) is 1.53. The summed E-state index contributed by atoms with van der Waals surface area (Å²) >= 11 is 0. The Hall–Kier alpha value is -3.19. The second kappa shape index (κ2) is 7.81. The molecule has 2 aliphatic heterocycles. The van der Waals surface area contributed by atoms with Crippen molar-refractivity contribution in [3.8, 4) is 5.75 Å². The molecule has 2 aromatic rings. The molecule has 2 fully saturated rings. The van der Waals surface area contributed by atoms with Crippen LogP contribution >= 0.6 is 0 Å². The van der Waals surface area contributed by atoms with Gasteiger partial charge in [0.1, 0.15) is 11.3 Å². The summed E-state index contributed by atoms with van der Waals surface area (Å²) in [4.78, 5) is 41.4. The molecule has 0 bridgehead atoms. The van der Waals surface area contributed by atoms with Crippen LogP contribution in [0.5, 0.6) is 5.75 Å². The van der Waals surface area contributed by atoms with Crippen LogP contribution in [0.3, 0.4) is 0 Å². The Morgan fingerprint density at radius 1 is 1.13 bits per heavy atom. The molecule has 7 heteroatoms. The summed E-state index contributed by atoms with van der Waals surface area (Å²) in [5.41, 5.74) is 0.971. The Balaban J connectivity index is 1.83. The number of nitrogens with zero attached hydrogens (tertiary/aromatic N) is 1. The molecule has 2 aliphatic rings. The lowest BCUT2D eigenvalue weighted by Gasteiger charge is -2.29. The smallest absolute Gasteiger partial charge is 0.326 e. The van der Waals surface area contributed by atoms with Crippen LogP contribution in [-0.2, 0) is 19.1 Å². The molecular formula is C24H26N2O5. The minimum atomic E-state index is -1.33. The fourth-order valence-electron chi connectivity index (χ4n) is 4.81. The van der Waals surface area contributed by atoms with Crippen molar-refractivity contribution in [2.75, 3.05) is 18.6 Å². The number of nitrogens with one attached hydrogen (secondary N) is 1. The topological polar surface area (TPSA) is 84.9 Å². The number of hydrogen-bond acceptors (Lipinski definition) is 6. The van der Waals surface area contributed by atoms with Gasteiger partial charge in [-0.1, -0.05) is 30.3 Å². The Morgan fingerprint density at radius 2 is 1.87 bits per heavy atom. The molecular weight excluding hydrogens is 396 g/mol. The van der Waals surface area contributed by atoms with Crippen LogP contribution in [0, 0.1) is 18.8 Å². The van der Waals surface area contributed by atoms with Crippen molar-refractivity contribution in [2.24, 2.45) is 11.8 Å². The average molecular weight is 422 g/mol. The van der Waals surface area contributed by atoms with Gasteiger partial charge in [0.25, 0.3) is 0 Å². The maximum absolute atomic E-state index is 13.6. The lowest BCUT2D eigenvalue weighted by molar-refractivity contribution is -0.153. The van der Waals surface area contributed by atoms with Crippen LogP contribution in [0.25, 0.3) is 0 Å². The van der Waals surface area contributed by atoms with Crippen molar-refractivity contribution in [1.29, 1.82) is 0 Å². The normalized spacial score (nSPS) is 27.4. The molecule has 0 saturated carbocycles. The number of carbonyl (C=O) groups excluding carboxylic acids is 3. The van der Waals surface area contributed by atoms with Crippen LogP contribution in [0.1, 0.15) is 31.0 Å². The fraction of sp³-hybridized carbons (Fsp3) is 0.375. The SMILES string of the molecule is CCOC(=O)[C@]1(C)N[C@@H](c2ccccc2C)[C@H]2C(=O)N(c3cccc(OC)c3)C(=O)[C@@H]21. The van der Waals surface area contributed by atoms with Crippen LogP contribution < -0.4 is 15.0 Å². The van der Waals surface area contributed by atoms with Crippen molar-refractivity contribution >= 4 is 23.5 Å². The van der Waals surface area contributed by atoms with E-state index in [1.807, 2.05) is 31.2 Å². The first-order chi connectivity index (χ1) is 14.8. The van der Waals surface area contributed by atoms with Gasteiger partial charge in [-0.25, -0.2) is 4.90 Å². The lowest BCUT2D eigenvalue weighted by atomic mass is 9.80. The predicted octanol–water partition coefficient (Wildman–Crippen LogP) is 2.78. The van der Waals surface area contributed by atoms with Crippen molar-refractivity contribution in [1.82, 2.24) is 5.32 Å². The predicted molar refractivity (Wildman–Crippen MR) is 115 cm³/mol. The van der Waals surface area contributed by atoms with Gasteiger partial charge in [0, 0.05) is 12.1 Å². The van der Waals surface area contributed by atoms with Crippen molar-refractivity contribution in [3.63, 3.8) is 0 Å². The van der Waals surface area contributed by atoms with Crippen LogP contribution in [0.2, 0.25) is 0 Å². The third-order valence-electron chi connectivity index (χ3n) is 6.32. The highest BCUT2D eigenvalue weighted by Gasteiger charge is 2.67. The summed E-state index contributed by atoms with van der Waals surface area (Å²) in [6.07, 6.45) is 0. The van der Waals surface area contributed by atoms with E-state index in [-0.39, 0.29) is 12.5 Å². The molecule has 0 aliphatic carbocycles. The van der Waals surface area contributed by atoms with E-state index in [1.165, 1.54) is 12.0 Å². The summed E-state index contributed by atoms with van der Waals surface area (Å²) in [6.45, 7) is 5.51. The number of esters is 1. The number of benzene rings is 2. The second-order valence-corrected chi connectivity index (χ2v) is 8.12. The highest BCUT2D eigenvalue weighted by Crippen LogP contribution is 2.50. The van der Waals surface area contributed by atoms with E-state index in [0.29, 0.717) is 11.4 Å². The maximum atomic E-state index is 13.6. The zero-order valence-corrected chi connectivity index (χ0v) is 18.0. The molecule has 31 heavy (non-hydrogen) atoms. The number of fused-ring (bicyclic) bond motifs is 1. The summed E-state index contributed by atoms with van der Waals surface area (Å²) in [5.74, 6) is -2.35. The molecule has 0 aromatic heterocycles. The zero-order chi connectivity index (χ0) is 22.3. The largest absolute Gasteiger partial charge is 0.497 e. The van der Waals surface area contributed by atoms with Crippen LogP contribution in [-0.4, -0.2) is 37.0 Å². The number of anilines is 1. The van der Waals surface area contributed by atoms with Crippen molar-refractivity contribution < 1.29 is 23.9 Å². The molecule has 4 atom stereocenters. The quantitative estimate of drug-likeness (QED) is 0.589. The van der Waals surface area contributed by atoms with Gasteiger partial charge in [-0.3, -0.25) is 19.7 Å². The molecule has 2 heterocycles. The van der Waals surface area contributed by atoms with Gasteiger partial charge in [0.15, 0.2) is 0 Å². The maximum Gasteiger partial charge on any atom is 0.326 e. The van der Waals surface area contributed by atoms with Crippen molar-refractivity contribution in [3.05, 3.63) is 59.7 Å². The third kappa shape index (κ3) is 3.20. The Morgan fingerprint density at radius 3 is 2.55 bits per heavy atom. The number of amides is 2. The number of imide groups is 1. The van der Waals surface area contributed by atoms with E-state index in [0.717, 1.165) is 11.1 Å². The molecule has 0 radical (unpaired) electrons. The van der Waals surface area contributed by atoms with E-state index >= 15 is 0 Å².